The van der Waals surface area contributed by atoms with Crippen LogP contribution >= 0.6 is 0 Å². The first-order valence-electron chi connectivity index (χ1n) is 9.81. The van der Waals surface area contributed by atoms with Crippen molar-refractivity contribution in [2.75, 3.05) is 24.8 Å². The van der Waals surface area contributed by atoms with E-state index in [-0.39, 0.29) is 42.0 Å². The maximum atomic E-state index is 14.1. The lowest BCUT2D eigenvalue weighted by Gasteiger charge is -2.20. The van der Waals surface area contributed by atoms with Crippen LogP contribution in [0.1, 0.15) is 25.0 Å². The molecule has 32 heavy (non-hydrogen) atoms. The summed E-state index contributed by atoms with van der Waals surface area (Å²) in [4.78, 5) is 33.7. The number of hydrogen-bond donors (Lipinski definition) is 2. The predicted octanol–water partition coefficient (Wildman–Crippen LogP) is 1.89. The molecule has 10 nitrogen and oxygen atoms in total. The number of benzene rings is 1. The third-order valence-corrected chi connectivity index (χ3v) is 5.27. The lowest BCUT2D eigenvalue weighted by Crippen LogP contribution is -2.41. The van der Waals surface area contributed by atoms with Crippen molar-refractivity contribution in [1.29, 1.82) is 0 Å². The zero-order valence-corrected chi connectivity index (χ0v) is 17.7. The summed E-state index contributed by atoms with van der Waals surface area (Å²) >= 11 is 0. The summed E-state index contributed by atoms with van der Waals surface area (Å²) in [6.07, 6.45) is 0. The highest BCUT2D eigenvalue weighted by molar-refractivity contribution is 6.19. The fourth-order valence-electron chi connectivity index (χ4n) is 3.57. The average molecular weight is 440 g/mol. The Morgan fingerprint density at radius 2 is 2.06 bits per heavy atom. The molecule has 0 saturated carbocycles. The van der Waals surface area contributed by atoms with Gasteiger partial charge in [0.1, 0.15) is 23.1 Å². The Balaban J connectivity index is 1.74. The minimum Gasteiger partial charge on any atom is -0.481 e. The second kappa shape index (κ2) is 7.91. The number of rotatable bonds is 6. The van der Waals surface area contributed by atoms with Gasteiger partial charge < -0.3 is 20.5 Å². The van der Waals surface area contributed by atoms with Crippen molar-refractivity contribution in [1.82, 2.24) is 19.7 Å². The van der Waals surface area contributed by atoms with E-state index in [9.17, 15) is 14.0 Å². The molecule has 0 radical (unpaired) electrons. The van der Waals surface area contributed by atoms with E-state index in [1.807, 2.05) is 0 Å². The Labute approximate surface area is 182 Å². The second-order valence-electron chi connectivity index (χ2n) is 7.28. The van der Waals surface area contributed by atoms with E-state index in [4.69, 9.17) is 15.2 Å². The monoisotopic (exact) mass is 440 g/mol. The van der Waals surface area contributed by atoms with Gasteiger partial charge in [-0.2, -0.15) is 5.10 Å². The number of nitrogens with two attached hydrogens (primary N) is 1. The van der Waals surface area contributed by atoms with Crippen molar-refractivity contribution in [3.63, 3.8) is 0 Å². The number of hydrogen-bond acceptors (Lipinski definition) is 8. The molecule has 0 aliphatic carbocycles. The number of ether oxygens (including phenoxy) is 2. The molecular weight excluding hydrogens is 419 g/mol. The van der Waals surface area contributed by atoms with Crippen LogP contribution in [0.15, 0.2) is 30.3 Å². The summed E-state index contributed by atoms with van der Waals surface area (Å²) in [6, 6.07) is 7.90. The maximum absolute atomic E-state index is 14.1. The highest BCUT2D eigenvalue weighted by Crippen LogP contribution is 2.41. The van der Waals surface area contributed by atoms with Gasteiger partial charge in [-0.25, -0.2) is 19.0 Å². The van der Waals surface area contributed by atoms with Gasteiger partial charge in [0, 0.05) is 11.6 Å². The van der Waals surface area contributed by atoms with Crippen LogP contribution in [0.25, 0.3) is 11.5 Å². The number of halogens is 1. The van der Waals surface area contributed by atoms with E-state index in [1.165, 1.54) is 24.8 Å². The van der Waals surface area contributed by atoms with E-state index >= 15 is 0 Å². The SMILES string of the molecule is CCOC(=O)C1(C)C(=O)Nc2nc(-c3cc(OC)n(Cc4ccccc4F)n3)nc(N)c21. The van der Waals surface area contributed by atoms with Gasteiger partial charge in [-0.3, -0.25) is 9.59 Å². The molecule has 1 atom stereocenters. The molecule has 1 aliphatic rings. The molecule has 1 aromatic carbocycles. The van der Waals surface area contributed by atoms with Gasteiger partial charge in [0.15, 0.2) is 11.2 Å². The summed E-state index contributed by atoms with van der Waals surface area (Å²) in [6.45, 7) is 3.28. The summed E-state index contributed by atoms with van der Waals surface area (Å²) in [5, 5.41) is 6.99. The van der Waals surface area contributed by atoms with Crippen LogP contribution in [-0.2, 0) is 26.3 Å². The van der Waals surface area contributed by atoms with Crippen LogP contribution < -0.4 is 15.8 Å². The highest BCUT2D eigenvalue weighted by Gasteiger charge is 2.53. The third-order valence-electron chi connectivity index (χ3n) is 5.27. The summed E-state index contributed by atoms with van der Waals surface area (Å²) in [5.74, 6) is -1.20. The smallest absolute Gasteiger partial charge is 0.326 e. The summed E-state index contributed by atoms with van der Waals surface area (Å²) < 4.78 is 25.9. The van der Waals surface area contributed by atoms with Crippen LogP contribution in [0.4, 0.5) is 16.0 Å². The van der Waals surface area contributed by atoms with Crippen molar-refractivity contribution in [2.45, 2.75) is 25.8 Å². The lowest BCUT2D eigenvalue weighted by atomic mass is 9.84. The molecule has 1 unspecified atom stereocenters. The van der Waals surface area contributed by atoms with Crippen LogP contribution in [-0.4, -0.2) is 45.3 Å². The molecule has 2 aromatic heterocycles. The molecule has 0 spiro atoms. The van der Waals surface area contributed by atoms with Gasteiger partial charge in [0.25, 0.3) is 0 Å². The number of methoxy groups -OCH3 is 1. The van der Waals surface area contributed by atoms with Gasteiger partial charge in [-0.05, 0) is 19.9 Å². The number of nitrogens with one attached hydrogen (secondary N) is 1. The Morgan fingerprint density at radius 3 is 2.75 bits per heavy atom. The average Bonchev–Trinajstić information content (AvgIpc) is 3.29. The van der Waals surface area contributed by atoms with Crippen LogP contribution in [0.5, 0.6) is 5.88 Å². The Hall–Kier alpha value is -4.02. The van der Waals surface area contributed by atoms with Crippen LogP contribution in [0.2, 0.25) is 0 Å². The Morgan fingerprint density at radius 1 is 1.31 bits per heavy atom. The number of carbonyl (C=O) groups is 2. The first-order valence-corrected chi connectivity index (χ1v) is 9.81. The van der Waals surface area contributed by atoms with Gasteiger partial charge >= 0.3 is 5.97 Å². The van der Waals surface area contributed by atoms with E-state index in [0.29, 0.717) is 17.1 Å². The first-order chi connectivity index (χ1) is 15.3. The van der Waals surface area contributed by atoms with Crippen LogP contribution in [0, 0.1) is 5.82 Å². The standard InChI is InChI=1S/C21H21FN6O4/c1-4-32-20(30)21(2)15-16(23)24-17(25-18(15)26-19(21)29)13-9-14(31-3)28(27-13)10-11-7-5-6-8-12(11)22/h5-9H,4,10H2,1-3H3,(H3,23,24,25,26,29). The van der Waals surface area contributed by atoms with Crippen molar-refractivity contribution in [2.24, 2.45) is 0 Å². The first kappa shape index (κ1) is 21.2. The van der Waals surface area contributed by atoms with E-state index in [0.717, 1.165) is 0 Å². The van der Waals surface area contributed by atoms with Gasteiger partial charge in [-0.15, -0.1) is 0 Å². The zero-order valence-electron chi connectivity index (χ0n) is 17.7. The van der Waals surface area contributed by atoms with Crippen molar-refractivity contribution in [3.8, 4) is 17.4 Å². The Kier molecular flexibility index (Phi) is 5.25. The fourth-order valence-corrected chi connectivity index (χ4v) is 3.57. The molecule has 3 aromatic rings. The highest BCUT2D eigenvalue weighted by atomic mass is 19.1. The number of nitrogen functional groups attached to an aromatic ring is 1. The molecule has 3 N–H and O–H groups in total. The number of nitrogens with zero attached hydrogens (tertiary/aromatic N) is 4. The molecule has 0 fully saturated rings. The van der Waals surface area contributed by atoms with E-state index in [2.05, 4.69) is 20.4 Å². The second-order valence-corrected chi connectivity index (χ2v) is 7.28. The van der Waals surface area contributed by atoms with E-state index in [1.54, 1.807) is 31.2 Å². The zero-order chi connectivity index (χ0) is 23.0. The van der Waals surface area contributed by atoms with Gasteiger partial charge in [0.2, 0.25) is 11.8 Å². The minimum absolute atomic E-state index is 0.0541. The molecular formula is C21H21FN6O4. The fraction of sp³-hybridized carbons (Fsp3) is 0.286. The topological polar surface area (TPSA) is 134 Å². The van der Waals surface area contributed by atoms with Crippen molar-refractivity contribution < 1.29 is 23.5 Å². The number of anilines is 2. The van der Waals surface area contributed by atoms with E-state index < -0.39 is 17.3 Å². The molecule has 0 saturated heterocycles. The molecule has 1 aliphatic heterocycles. The molecule has 3 heterocycles. The molecule has 1 amide bonds. The normalized spacial score (nSPS) is 17.1. The van der Waals surface area contributed by atoms with Gasteiger partial charge in [0.05, 0.1) is 25.8 Å². The largest absolute Gasteiger partial charge is 0.481 e. The summed E-state index contributed by atoms with van der Waals surface area (Å²) in [5.41, 5.74) is 5.36. The quantitative estimate of drug-likeness (QED) is 0.438. The number of fused-ring (bicyclic) bond motifs is 1. The maximum Gasteiger partial charge on any atom is 0.326 e. The number of aromatic nitrogens is 4. The Bertz CT molecular complexity index is 1230. The number of carbonyl (C=O) groups excluding carboxylic acids is 2. The van der Waals surface area contributed by atoms with Crippen molar-refractivity contribution >= 4 is 23.5 Å². The molecule has 4 rings (SSSR count). The lowest BCUT2D eigenvalue weighted by molar-refractivity contribution is -0.152. The predicted molar refractivity (Wildman–Crippen MR) is 112 cm³/mol. The van der Waals surface area contributed by atoms with Crippen molar-refractivity contribution in [3.05, 3.63) is 47.3 Å². The molecule has 11 heteroatoms. The van der Waals surface area contributed by atoms with Gasteiger partial charge in [-0.1, -0.05) is 18.2 Å². The number of esters is 1. The summed E-state index contributed by atoms with van der Waals surface area (Å²) in [7, 11) is 1.46. The molecule has 166 valence electrons. The van der Waals surface area contributed by atoms with Crippen LogP contribution in [0.3, 0.4) is 0 Å². The number of amides is 1. The minimum atomic E-state index is -1.66. The molecule has 0 bridgehead atoms. The third kappa shape index (κ3) is 3.31.